The molecule has 2 aromatic carbocycles. The van der Waals surface area contributed by atoms with E-state index in [0.717, 1.165) is 17.0 Å². The Morgan fingerprint density at radius 1 is 1.08 bits per heavy atom. The molecule has 0 spiro atoms. The van der Waals surface area contributed by atoms with Crippen LogP contribution in [0.5, 0.6) is 0 Å². The summed E-state index contributed by atoms with van der Waals surface area (Å²) in [6.45, 7) is 10.6. The monoisotopic (exact) mass is 341 g/mol. The quantitative estimate of drug-likeness (QED) is 0.740. The molecule has 0 aliphatic heterocycles. The molecule has 0 unspecified atom stereocenters. The number of aryl methyl sites for hydroxylation is 3. The zero-order valence-corrected chi connectivity index (χ0v) is 16.1. The van der Waals surface area contributed by atoms with E-state index in [1.54, 1.807) is 11.8 Å². The minimum absolute atomic E-state index is 0.0700. The number of para-hydroxylation sites is 1. The minimum atomic E-state index is 0.0700. The van der Waals surface area contributed by atoms with Gasteiger partial charge >= 0.3 is 0 Å². The predicted octanol–water partition coefficient (Wildman–Crippen LogP) is 5.61. The van der Waals surface area contributed by atoms with Crippen LogP contribution >= 0.6 is 11.8 Å². The highest BCUT2D eigenvalue weighted by molar-refractivity contribution is 7.99. The highest BCUT2D eigenvalue weighted by atomic mass is 32.2. The van der Waals surface area contributed by atoms with Crippen LogP contribution in [0.2, 0.25) is 0 Å². The van der Waals surface area contributed by atoms with Gasteiger partial charge in [0.2, 0.25) is 5.91 Å². The third-order valence-corrected chi connectivity index (χ3v) is 4.98. The van der Waals surface area contributed by atoms with Gasteiger partial charge in [-0.2, -0.15) is 0 Å². The van der Waals surface area contributed by atoms with E-state index in [-0.39, 0.29) is 5.91 Å². The van der Waals surface area contributed by atoms with Gasteiger partial charge in [0.05, 0.1) is 5.75 Å². The number of carbonyl (C=O) groups is 1. The molecular formula is C21H27NOS. The molecule has 0 saturated carbocycles. The van der Waals surface area contributed by atoms with Gasteiger partial charge < -0.3 is 5.32 Å². The second kappa shape index (κ2) is 8.39. The number of benzene rings is 2. The summed E-state index contributed by atoms with van der Waals surface area (Å²) in [5.41, 5.74) is 7.12. The predicted molar refractivity (Wildman–Crippen MR) is 106 cm³/mol. The topological polar surface area (TPSA) is 29.1 Å². The number of amides is 1. The van der Waals surface area contributed by atoms with Gasteiger partial charge in [0.1, 0.15) is 0 Å². The molecule has 0 fully saturated rings. The maximum Gasteiger partial charge on any atom is 0.234 e. The van der Waals surface area contributed by atoms with E-state index in [2.05, 4.69) is 63.3 Å². The van der Waals surface area contributed by atoms with Gasteiger partial charge in [-0.25, -0.2) is 0 Å². The largest absolute Gasteiger partial charge is 0.325 e. The maximum absolute atomic E-state index is 12.3. The van der Waals surface area contributed by atoms with E-state index in [1.807, 2.05) is 13.0 Å². The Hall–Kier alpha value is -1.74. The molecule has 2 rings (SSSR count). The highest BCUT2D eigenvalue weighted by Gasteiger charge is 2.12. The fraction of sp³-hybridized carbons (Fsp3) is 0.381. The zero-order valence-electron chi connectivity index (χ0n) is 15.3. The molecule has 1 N–H and O–H groups in total. The van der Waals surface area contributed by atoms with Crippen LogP contribution in [0.3, 0.4) is 0 Å². The van der Waals surface area contributed by atoms with Gasteiger partial charge in [-0.1, -0.05) is 61.4 Å². The first-order valence-corrected chi connectivity index (χ1v) is 9.56. The van der Waals surface area contributed by atoms with Gasteiger partial charge in [0.25, 0.3) is 0 Å². The van der Waals surface area contributed by atoms with Crippen molar-refractivity contribution in [3.8, 4) is 0 Å². The molecule has 24 heavy (non-hydrogen) atoms. The highest BCUT2D eigenvalue weighted by Crippen LogP contribution is 2.27. The van der Waals surface area contributed by atoms with Crippen LogP contribution in [0, 0.1) is 20.8 Å². The van der Waals surface area contributed by atoms with Crippen LogP contribution in [0.25, 0.3) is 0 Å². The summed E-state index contributed by atoms with van der Waals surface area (Å²) in [4.78, 5) is 12.3. The normalized spacial score (nSPS) is 10.9. The van der Waals surface area contributed by atoms with Crippen molar-refractivity contribution in [2.24, 2.45) is 0 Å². The molecule has 0 atom stereocenters. The molecule has 2 nitrogen and oxygen atoms in total. The lowest BCUT2D eigenvalue weighted by molar-refractivity contribution is -0.113. The second-order valence-corrected chi connectivity index (χ2v) is 7.72. The first kappa shape index (κ1) is 18.6. The molecule has 0 bridgehead atoms. The zero-order chi connectivity index (χ0) is 17.7. The number of hydrogen-bond acceptors (Lipinski definition) is 2. The summed E-state index contributed by atoms with van der Waals surface area (Å²) in [6, 6.07) is 12.7. The van der Waals surface area contributed by atoms with E-state index in [0.29, 0.717) is 11.7 Å². The molecule has 0 aliphatic rings. The van der Waals surface area contributed by atoms with Crippen molar-refractivity contribution in [2.75, 3.05) is 11.1 Å². The number of anilines is 1. The maximum atomic E-state index is 12.3. The van der Waals surface area contributed by atoms with Gasteiger partial charge in [-0.3, -0.25) is 4.79 Å². The second-order valence-electron chi connectivity index (χ2n) is 6.73. The molecule has 0 heterocycles. The fourth-order valence-electron chi connectivity index (χ4n) is 2.93. The van der Waals surface area contributed by atoms with Crippen molar-refractivity contribution in [1.82, 2.24) is 0 Å². The van der Waals surface area contributed by atoms with Crippen molar-refractivity contribution in [3.63, 3.8) is 0 Å². The Bertz CT molecular complexity index is 702. The lowest BCUT2D eigenvalue weighted by atomic mass is 9.98. The van der Waals surface area contributed by atoms with Crippen LogP contribution in [0.1, 0.15) is 47.6 Å². The molecular weight excluding hydrogens is 314 g/mol. The van der Waals surface area contributed by atoms with E-state index in [1.165, 1.54) is 22.3 Å². The molecule has 0 saturated heterocycles. The third kappa shape index (κ3) is 5.13. The van der Waals surface area contributed by atoms with Crippen molar-refractivity contribution in [2.45, 2.75) is 46.3 Å². The summed E-state index contributed by atoms with van der Waals surface area (Å²) in [5, 5.41) is 3.11. The number of nitrogens with one attached hydrogen (secondary N) is 1. The van der Waals surface area contributed by atoms with Crippen LogP contribution in [0.15, 0.2) is 36.4 Å². The van der Waals surface area contributed by atoms with Crippen LogP contribution in [-0.4, -0.2) is 11.7 Å². The molecule has 0 aliphatic carbocycles. The van der Waals surface area contributed by atoms with Crippen molar-refractivity contribution < 1.29 is 4.79 Å². The van der Waals surface area contributed by atoms with E-state index < -0.39 is 0 Å². The van der Waals surface area contributed by atoms with Crippen molar-refractivity contribution in [1.29, 1.82) is 0 Å². The standard InChI is InChI=1S/C21H27NOS/c1-14(2)19-8-6-7-17(5)21(19)22-20(23)13-24-12-18-10-15(3)9-16(4)11-18/h6-11,14H,12-13H2,1-5H3,(H,22,23). The summed E-state index contributed by atoms with van der Waals surface area (Å²) < 4.78 is 0. The lowest BCUT2D eigenvalue weighted by Crippen LogP contribution is -2.16. The summed E-state index contributed by atoms with van der Waals surface area (Å²) in [6.07, 6.45) is 0. The number of rotatable bonds is 6. The van der Waals surface area contributed by atoms with Gasteiger partial charge in [-0.05, 0) is 43.4 Å². The number of thioether (sulfide) groups is 1. The Morgan fingerprint density at radius 3 is 2.38 bits per heavy atom. The summed E-state index contributed by atoms with van der Waals surface area (Å²) in [7, 11) is 0. The average molecular weight is 342 g/mol. The van der Waals surface area contributed by atoms with Gasteiger partial charge in [0, 0.05) is 11.4 Å². The SMILES string of the molecule is Cc1cc(C)cc(CSCC(=O)Nc2c(C)cccc2C(C)C)c1. The number of carbonyl (C=O) groups excluding carboxylic acids is 1. The van der Waals surface area contributed by atoms with Crippen molar-refractivity contribution in [3.05, 3.63) is 64.2 Å². The number of hydrogen-bond donors (Lipinski definition) is 1. The first-order valence-electron chi connectivity index (χ1n) is 8.41. The summed E-state index contributed by atoms with van der Waals surface area (Å²) in [5.74, 6) is 1.79. The van der Waals surface area contributed by atoms with E-state index in [4.69, 9.17) is 0 Å². The van der Waals surface area contributed by atoms with Crippen LogP contribution in [-0.2, 0) is 10.5 Å². The average Bonchev–Trinajstić information content (AvgIpc) is 2.48. The minimum Gasteiger partial charge on any atom is -0.325 e. The van der Waals surface area contributed by atoms with Crippen molar-refractivity contribution >= 4 is 23.4 Å². The molecule has 0 aromatic heterocycles. The Kier molecular flexibility index (Phi) is 6.50. The Balaban J connectivity index is 1.94. The van der Waals surface area contributed by atoms with E-state index >= 15 is 0 Å². The first-order chi connectivity index (χ1) is 11.4. The molecule has 1 amide bonds. The third-order valence-electron chi connectivity index (χ3n) is 3.97. The smallest absolute Gasteiger partial charge is 0.234 e. The Labute approximate surface area is 150 Å². The molecule has 128 valence electrons. The van der Waals surface area contributed by atoms with Gasteiger partial charge in [0.15, 0.2) is 0 Å². The lowest BCUT2D eigenvalue weighted by Gasteiger charge is -2.16. The Morgan fingerprint density at radius 2 is 1.75 bits per heavy atom. The van der Waals surface area contributed by atoms with Gasteiger partial charge in [-0.15, -0.1) is 11.8 Å². The van der Waals surface area contributed by atoms with Crippen LogP contribution in [0.4, 0.5) is 5.69 Å². The fourth-order valence-corrected chi connectivity index (χ4v) is 3.69. The molecule has 2 aromatic rings. The van der Waals surface area contributed by atoms with Crippen LogP contribution < -0.4 is 5.32 Å². The van der Waals surface area contributed by atoms with E-state index in [9.17, 15) is 4.79 Å². The summed E-state index contributed by atoms with van der Waals surface area (Å²) >= 11 is 1.66. The molecule has 3 heteroatoms. The molecule has 0 radical (unpaired) electrons.